The average Bonchev–Trinajstić information content (AvgIpc) is 2.81. The molecule has 1 fully saturated rings. The summed E-state index contributed by atoms with van der Waals surface area (Å²) in [6.45, 7) is 9.49. The van der Waals surface area contributed by atoms with Gasteiger partial charge in [-0.2, -0.15) is 4.31 Å². The van der Waals surface area contributed by atoms with Crippen LogP contribution < -0.4 is 5.32 Å². The Morgan fingerprint density at radius 1 is 1.12 bits per heavy atom. The van der Waals surface area contributed by atoms with E-state index in [4.69, 9.17) is 16.3 Å². The number of carbonyl (C=O) groups excluding carboxylic acids is 1. The summed E-state index contributed by atoms with van der Waals surface area (Å²) in [5, 5.41) is 3.18. The van der Waals surface area contributed by atoms with Crippen molar-refractivity contribution in [3.8, 4) is 0 Å². The SMILES string of the molecule is CCN(CC)S(=O)(=O)c1ccc(Cl)c(C(=O)NCC(c2ccc(C)cc2)N2CCOCC2)c1. The number of nitrogens with zero attached hydrogens (tertiary/aromatic N) is 2. The summed E-state index contributed by atoms with van der Waals surface area (Å²) in [5.74, 6) is -0.401. The van der Waals surface area contributed by atoms with Crippen LogP contribution in [-0.4, -0.2) is 69.5 Å². The Labute approximate surface area is 201 Å². The second-order valence-corrected chi connectivity index (χ2v) is 10.4. The third kappa shape index (κ3) is 6.13. The fourth-order valence-corrected chi connectivity index (χ4v) is 5.66. The number of carbonyl (C=O) groups is 1. The lowest BCUT2D eigenvalue weighted by Crippen LogP contribution is -2.43. The first kappa shape index (κ1) is 25.6. The van der Waals surface area contributed by atoms with Crippen LogP contribution in [0.2, 0.25) is 5.02 Å². The molecule has 1 saturated heterocycles. The van der Waals surface area contributed by atoms with Gasteiger partial charge in [0.1, 0.15) is 0 Å². The minimum Gasteiger partial charge on any atom is -0.379 e. The standard InChI is InChI=1S/C24H32ClN3O4S/c1-4-28(5-2)33(30,31)20-10-11-22(25)21(16-20)24(29)26-17-23(27-12-14-32-15-13-27)19-8-6-18(3)7-9-19/h6-11,16,23H,4-5,12-15,17H2,1-3H3,(H,26,29). The number of rotatable bonds is 9. The monoisotopic (exact) mass is 493 g/mol. The molecule has 1 unspecified atom stereocenters. The van der Waals surface area contributed by atoms with Crippen molar-refractivity contribution >= 4 is 27.5 Å². The van der Waals surface area contributed by atoms with Gasteiger partial charge in [0, 0.05) is 32.7 Å². The number of sulfonamides is 1. The van der Waals surface area contributed by atoms with Crippen LogP contribution in [0.4, 0.5) is 0 Å². The van der Waals surface area contributed by atoms with E-state index in [2.05, 4.69) is 34.5 Å². The van der Waals surface area contributed by atoms with Gasteiger partial charge in [0.25, 0.3) is 5.91 Å². The quantitative estimate of drug-likeness (QED) is 0.578. The molecule has 1 atom stereocenters. The second kappa shape index (κ2) is 11.4. The van der Waals surface area contributed by atoms with Gasteiger partial charge in [-0.05, 0) is 30.7 Å². The molecule has 33 heavy (non-hydrogen) atoms. The molecular weight excluding hydrogens is 462 g/mol. The molecule has 1 heterocycles. The Hall–Kier alpha value is -1.97. The van der Waals surface area contributed by atoms with Gasteiger partial charge in [0.2, 0.25) is 10.0 Å². The van der Waals surface area contributed by atoms with Gasteiger partial charge in [-0.3, -0.25) is 9.69 Å². The smallest absolute Gasteiger partial charge is 0.252 e. The normalized spacial score (nSPS) is 16.0. The largest absolute Gasteiger partial charge is 0.379 e. The highest BCUT2D eigenvalue weighted by Crippen LogP contribution is 2.25. The molecule has 0 aromatic heterocycles. The number of aryl methyl sites for hydroxylation is 1. The Morgan fingerprint density at radius 3 is 2.36 bits per heavy atom. The van der Waals surface area contributed by atoms with Crippen molar-refractivity contribution < 1.29 is 17.9 Å². The maximum absolute atomic E-state index is 13.1. The molecule has 0 radical (unpaired) electrons. The summed E-state index contributed by atoms with van der Waals surface area (Å²) in [4.78, 5) is 15.4. The van der Waals surface area contributed by atoms with Crippen molar-refractivity contribution in [1.29, 1.82) is 0 Å². The number of morpholine rings is 1. The highest BCUT2D eigenvalue weighted by molar-refractivity contribution is 7.89. The predicted molar refractivity (Wildman–Crippen MR) is 130 cm³/mol. The van der Waals surface area contributed by atoms with Crippen molar-refractivity contribution in [2.75, 3.05) is 45.9 Å². The van der Waals surface area contributed by atoms with Gasteiger partial charge in [-0.1, -0.05) is 55.3 Å². The third-order valence-electron chi connectivity index (χ3n) is 5.93. The molecule has 3 rings (SSSR count). The summed E-state index contributed by atoms with van der Waals surface area (Å²) >= 11 is 6.29. The molecule has 9 heteroatoms. The zero-order valence-electron chi connectivity index (χ0n) is 19.4. The summed E-state index contributed by atoms with van der Waals surface area (Å²) in [5.41, 5.74) is 2.42. The van der Waals surface area contributed by atoms with E-state index < -0.39 is 15.9 Å². The van der Waals surface area contributed by atoms with Crippen molar-refractivity contribution in [3.63, 3.8) is 0 Å². The lowest BCUT2D eigenvalue weighted by Gasteiger charge is -2.35. The Balaban J connectivity index is 1.82. The van der Waals surface area contributed by atoms with Gasteiger partial charge in [0.05, 0.1) is 34.7 Å². The molecular formula is C24H32ClN3O4S. The number of hydrogen-bond donors (Lipinski definition) is 1. The van der Waals surface area contributed by atoms with Crippen LogP contribution in [0.25, 0.3) is 0 Å². The van der Waals surface area contributed by atoms with E-state index >= 15 is 0 Å². The number of amides is 1. The van der Waals surface area contributed by atoms with Crippen LogP contribution in [0.15, 0.2) is 47.4 Å². The fraction of sp³-hybridized carbons (Fsp3) is 0.458. The van der Waals surface area contributed by atoms with Crippen molar-refractivity contribution in [1.82, 2.24) is 14.5 Å². The maximum atomic E-state index is 13.1. The van der Waals surface area contributed by atoms with Gasteiger partial charge < -0.3 is 10.1 Å². The Kier molecular flexibility index (Phi) is 8.89. The zero-order chi connectivity index (χ0) is 24.0. The predicted octanol–water partition coefficient (Wildman–Crippen LogP) is 3.48. The van der Waals surface area contributed by atoms with Crippen molar-refractivity contribution in [3.05, 3.63) is 64.2 Å². The minimum atomic E-state index is -3.70. The number of ether oxygens (including phenoxy) is 1. The van der Waals surface area contributed by atoms with Crippen LogP contribution in [0.5, 0.6) is 0 Å². The second-order valence-electron chi connectivity index (χ2n) is 8.02. The molecule has 2 aromatic carbocycles. The van der Waals surface area contributed by atoms with Crippen molar-refractivity contribution in [2.24, 2.45) is 0 Å². The zero-order valence-corrected chi connectivity index (χ0v) is 21.0. The highest BCUT2D eigenvalue weighted by atomic mass is 35.5. The van der Waals surface area contributed by atoms with E-state index in [9.17, 15) is 13.2 Å². The molecule has 0 saturated carbocycles. The summed E-state index contributed by atoms with van der Waals surface area (Å²) < 4.78 is 32.6. The molecule has 1 aliphatic rings. The lowest BCUT2D eigenvalue weighted by molar-refractivity contribution is 0.0162. The van der Waals surface area contributed by atoms with Crippen LogP contribution in [0.3, 0.4) is 0 Å². The Bertz CT molecular complexity index is 1050. The van der Waals surface area contributed by atoms with Crippen LogP contribution >= 0.6 is 11.6 Å². The first-order valence-corrected chi connectivity index (χ1v) is 13.1. The summed E-state index contributed by atoms with van der Waals surface area (Å²) in [6, 6.07) is 12.5. The number of hydrogen-bond acceptors (Lipinski definition) is 5. The van der Waals surface area contributed by atoms with E-state index in [0.717, 1.165) is 18.7 Å². The summed E-state index contributed by atoms with van der Waals surface area (Å²) in [6.07, 6.45) is 0. The van der Waals surface area contributed by atoms with Crippen molar-refractivity contribution in [2.45, 2.75) is 31.7 Å². The molecule has 180 valence electrons. The number of halogens is 1. The first-order chi connectivity index (χ1) is 15.8. The molecule has 0 bridgehead atoms. The third-order valence-corrected chi connectivity index (χ3v) is 8.31. The first-order valence-electron chi connectivity index (χ1n) is 11.2. The number of nitrogens with one attached hydrogen (secondary N) is 1. The van der Waals surface area contributed by atoms with E-state index in [0.29, 0.717) is 32.8 Å². The van der Waals surface area contributed by atoms with E-state index in [1.807, 2.05) is 6.92 Å². The van der Waals surface area contributed by atoms with Gasteiger partial charge in [0.15, 0.2) is 0 Å². The molecule has 1 amide bonds. The molecule has 1 N–H and O–H groups in total. The van der Waals surface area contributed by atoms with Gasteiger partial charge in [-0.25, -0.2) is 8.42 Å². The average molecular weight is 494 g/mol. The van der Waals surface area contributed by atoms with E-state index in [-0.39, 0.29) is 21.5 Å². The molecule has 7 nitrogen and oxygen atoms in total. The van der Waals surface area contributed by atoms with Crippen LogP contribution in [0, 0.1) is 6.92 Å². The van der Waals surface area contributed by atoms with Crippen LogP contribution in [-0.2, 0) is 14.8 Å². The minimum absolute atomic E-state index is 0.0279. The van der Waals surface area contributed by atoms with E-state index in [1.54, 1.807) is 13.8 Å². The Morgan fingerprint density at radius 2 is 1.76 bits per heavy atom. The lowest BCUT2D eigenvalue weighted by atomic mass is 10.0. The van der Waals surface area contributed by atoms with Gasteiger partial charge >= 0.3 is 0 Å². The molecule has 1 aliphatic heterocycles. The maximum Gasteiger partial charge on any atom is 0.252 e. The summed E-state index contributed by atoms with van der Waals surface area (Å²) in [7, 11) is -3.70. The topological polar surface area (TPSA) is 79.0 Å². The van der Waals surface area contributed by atoms with Gasteiger partial charge in [-0.15, -0.1) is 0 Å². The molecule has 0 spiro atoms. The van der Waals surface area contributed by atoms with Crippen LogP contribution in [0.1, 0.15) is 41.4 Å². The molecule has 2 aromatic rings. The van der Waals surface area contributed by atoms with E-state index in [1.165, 1.54) is 28.1 Å². The highest BCUT2D eigenvalue weighted by Gasteiger charge is 2.26. The fourth-order valence-electron chi connectivity index (χ4n) is 3.97. The molecule has 0 aliphatic carbocycles. The number of benzene rings is 2.